The highest BCUT2D eigenvalue weighted by molar-refractivity contribution is 5.85. The van der Waals surface area contributed by atoms with Gasteiger partial charge in [0.15, 0.2) is 0 Å². The number of hydrogen-bond acceptors (Lipinski definition) is 3. The van der Waals surface area contributed by atoms with Crippen LogP contribution in [0.3, 0.4) is 0 Å². The second-order valence-electron chi connectivity index (χ2n) is 8.59. The van der Waals surface area contributed by atoms with E-state index in [0.29, 0.717) is 5.92 Å². The van der Waals surface area contributed by atoms with Crippen molar-refractivity contribution >= 4 is 12.4 Å². The molecule has 2 aliphatic rings. The van der Waals surface area contributed by atoms with Crippen LogP contribution in [0, 0.1) is 12.8 Å². The molecule has 4 rings (SSSR count). The predicted molar refractivity (Wildman–Crippen MR) is 113 cm³/mol. The van der Waals surface area contributed by atoms with Crippen LogP contribution in [0.4, 0.5) is 0 Å². The predicted octanol–water partition coefficient (Wildman–Crippen LogP) is 5.00. The summed E-state index contributed by atoms with van der Waals surface area (Å²) in [5.41, 5.74) is 5.30. The Labute approximate surface area is 169 Å². The van der Waals surface area contributed by atoms with E-state index in [1.807, 2.05) is 5.01 Å². The van der Waals surface area contributed by atoms with Crippen molar-refractivity contribution in [3.05, 3.63) is 64.7 Å². The van der Waals surface area contributed by atoms with Gasteiger partial charge in [0.05, 0.1) is 6.04 Å². The van der Waals surface area contributed by atoms with Gasteiger partial charge in [0, 0.05) is 18.5 Å². The summed E-state index contributed by atoms with van der Waals surface area (Å²) in [7, 11) is 0. The first-order valence-corrected chi connectivity index (χ1v) is 9.81. The van der Waals surface area contributed by atoms with Crippen molar-refractivity contribution in [1.29, 1.82) is 0 Å². The standard InChI is InChI=1S/C23H30N2O.ClH/c1-16-11-12-19(22-20(16)15-23(2,3)26-22)14-18-10-7-13-25(24)21(18)17-8-5-4-6-9-17;/h4-6,8-9,11-12,18,21H,7,10,13-15,24H2,1-3H3;1H/t18-,21+;/m0./s1. The van der Waals surface area contributed by atoms with Crippen molar-refractivity contribution in [2.24, 2.45) is 11.8 Å². The third kappa shape index (κ3) is 4.01. The second kappa shape index (κ2) is 7.83. The van der Waals surface area contributed by atoms with Crippen molar-refractivity contribution < 1.29 is 4.74 Å². The molecule has 0 unspecified atom stereocenters. The van der Waals surface area contributed by atoms with Crippen molar-refractivity contribution in [2.45, 2.75) is 58.1 Å². The van der Waals surface area contributed by atoms with Crippen LogP contribution in [0.25, 0.3) is 0 Å². The average molecular weight is 387 g/mol. The number of fused-ring (bicyclic) bond motifs is 1. The van der Waals surface area contributed by atoms with E-state index >= 15 is 0 Å². The summed E-state index contributed by atoms with van der Waals surface area (Å²) >= 11 is 0. The molecule has 27 heavy (non-hydrogen) atoms. The summed E-state index contributed by atoms with van der Waals surface area (Å²) < 4.78 is 6.37. The van der Waals surface area contributed by atoms with E-state index in [4.69, 9.17) is 10.6 Å². The number of nitrogens with zero attached hydrogens (tertiary/aromatic N) is 1. The lowest BCUT2D eigenvalue weighted by Gasteiger charge is -2.39. The SMILES string of the molecule is Cc1ccc(C[C@@H]2CCCN(N)[C@@H]2c2ccccc2)c2c1CC(C)(C)O2.Cl. The van der Waals surface area contributed by atoms with Gasteiger partial charge in [-0.1, -0.05) is 42.5 Å². The Morgan fingerprint density at radius 2 is 1.89 bits per heavy atom. The van der Waals surface area contributed by atoms with Gasteiger partial charge in [-0.15, -0.1) is 12.4 Å². The lowest BCUT2D eigenvalue weighted by Crippen LogP contribution is -2.44. The fraction of sp³-hybridized carbons (Fsp3) is 0.478. The molecule has 146 valence electrons. The Morgan fingerprint density at radius 3 is 2.63 bits per heavy atom. The first-order valence-electron chi connectivity index (χ1n) is 9.81. The summed E-state index contributed by atoms with van der Waals surface area (Å²) in [4.78, 5) is 0. The minimum Gasteiger partial charge on any atom is -0.487 e. The van der Waals surface area contributed by atoms with Gasteiger partial charge in [-0.2, -0.15) is 0 Å². The zero-order chi connectivity index (χ0) is 18.3. The van der Waals surface area contributed by atoms with Gasteiger partial charge >= 0.3 is 0 Å². The van der Waals surface area contributed by atoms with Crippen LogP contribution < -0.4 is 10.6 Å². The molecule has 2 aromatic carbocycles. The van der Waals surface area contributed by atoms with Crippen LogP contribution in [-0.4, -0.2) is 17.2 Å². The molecule has 2 N–H and O–H groups in total. The number of aryl methyl sites for hydroxylation is 1. The molecule has 1 fully saturated rings. The van der Waals surface area contributed by atoms with Crippen LogP contribution in [0.5, 0.6) is 5.75 Å². The first-order chi connectivity index (χ1) is 12.4. The van der Waals surface area contributed by atoms with Gasteiger partial charge in [-0.05, 0) is 62.6 Å². The van der Waals surface area contributed by atoms with Crippen molar-refractivity contribution in [1.82, 2.24) is 5.01 Å². The number of nitrogens with two attached hydrogens (primary N) is 1. The van der Waals surface area contributed by atoms with Gasteiger partial charge in [-0.25, -0.2) is 5.01 Å². The highest BCUT2D eigenvalue weighted by Gasteiger charge is 2.36. The number of rotatable bonds is 3. The number of piperidine rings is 1. The van der Waals surface area contributed by atoms with Crippen LogP contribution in [0.1, 0.15) is 55.0 Å². The smallest absolute Gasteiger partial charge is 0.126 e. The molecule has 0 saturated carbocycles. The van der Waals surface area contributed by atoms with Gasteiger partial charge in [0.25, 0.3) is 0 Å². The van der Waals surface area contributed by atoms with Crippen molar-refractivity contribution in [3.8, 4) is 5.75 Å². The van der Waals surface area contributed by atoms with Gasteiger partial charge < -0.3 is 4.74 Å². The molecular weight excluding hydrogens is 356 g/mol. The van der Waals surface area contributed by atoms with Gasteiger partial charge in [0.2, 0.25) is 0 Å². The lowest BCUT2D eigenvalue weighted by atomic mass is 9.81. The molecule has 1 saturated heterocycles. The fourth-order valence-corrected chi connectivity index (χ4v) is 4.73. The van der Waals surface area contributed by atoms with E-state index < -0.39 is 0 Å². The number of hydrazine groups is 1. The molecule has 2 aromatic rings. The normalized spacial score (nSPS) is 24.0. The highest BCUT2D eigenvalue weighted by atomic mass is 35.5. The van der Waals surface area contributed by atoms with Crippen LogP contribution >= 0.6 is 12.4 Å². The molecule has 4 heteroatoms. The summed E-state index contributed by atoms with van der Waals surface area (Å²) in [6, 6.07) is 15.5. The van der Waals surface area contributed by atoms with Crippen molar-refractivity contribution in [2.75, 3.05) is 6.54 Å². The third-order valence-electron chi connectivity index (χ3n) is 5.98. The average Bonchev–Trinajstić information content (AvgIpc) is 2.95. The van der Waals surface area contributed by atoms with E-state index in [0.717, 1.165) is 31.6 Å². The molecule has 0 spiro atoms. The minimum atomic E-state index is -0.103. The Bertz CT molecular complexity index is 790. The molecule has 2 aliphatic heterocycles. The van der Waals surface area contributed by atoms with E-state index in [1.165, 1.54) is 28.7 Å². The Morgan fingerprint density at radius 1 is 1.15 bits per heavy atom. The molecule has 0 aliphatic carbocycles. The molecule has 2 heterocycles. The Balaban J connectivity index is 0.00000210. The maximum atomic E-state index is 6.44. The monoisotopic (exact) mass is 386 g/mol. The highest BCUT2D eigenvalue weighted by Crippen LogP contribution is 2.43. The second-order valence-corrected chi connectivity index (χ2v) is 8.59. The molecule has 0 amide bonds. The molecular formula is C23H31ClN2O. The van der Waals surface area contributed by atoms with E-state index in [9.17, 15) is 0 Å². The van der Waals surface area contributed by atoms with Crippen LogP contribution in [0.15, 0.2) is 42.5 Å². The summed E-state index contributed by atoms with van der Waals surface area (Å²) in [5.74, 6) is 8.08. The largest absolute Gasteiger partial charge is 0.487 e. The maximum absolute atomic E-state index is 6.44. The number of halogens is 1. The van der Waals surface area contributed by atoms with E-state index in [-0.39, 0.29) is 24.0 Å². The van der Waals surface area contributed by atoms with Crippen LogP contribution in [0.2, 0.25) is 0 Å². The number of hydrogen-bond donors (Lipinski definition) is 1. The molecule has 2 atom stereocenters. The van der Waals surface area contributed by atoms with Crippen molar-refractivity contribution in [3.63, 3.8) is 0 Å². The quantitative estimate of drug-likeness (QED) is 0.754. The third-order valence-corrected chi connectivity index (χ3v) is 5.98. The molecule has 3 nitrogen and oxygen atoms in total. The summed E-state index contributed by atoms with van der Waals surface area (Å²) in [5, 5.41) is 2.04. The number of benzene rings is 2. The molecule has 0 bridgehead atoms. The maximum Gasteiger partial charge on any atom is 0.126 e. The summed E-state index contributed by atoms with van der Waals surface area (Å²) in [6.07, 6.45) is 4.38. The first kappa shape index (κ1) is 20.2. The summed E-state index contributed by atoms with van der Waals surface area (Å²) in [6.45, 7) is 7.53. The Hall–Kier alpha value is -1.55. The van der Waals surface area contributed by atoms with Gasteiger partial charge in [0.1, 0.15) is 11.4 Å². The van der Waals surface area contributed by atoms with E-state index in [2.05, 4.69) is 63.2 Å². The van der Waals surface area contributed by atoms with E-state index in [1.54, 1.807) is 0 Å². The molecule has 0 radical (unpaired) electrons. The lowest BCUT2D eigenvalue weighted by molar-refractivity contribution is 0.0909. The van der Waals surface area contributed by atoms with Gasteiger partial charge in [-0.3, -0.25) is 5.84 Å². The fourth-order valence-electron chi connectivity index (χ4n) is 4.73. The Kier molecular flexibility index (Phi) is 5.85. The number of ether oxygens (including phenoxy) is 1. The zero-order valence-corrected chi connectivity index (χ0v) is 17.4. The minimum absolute atomic E-state index is 0. The zero-order valence-electron chi connectivity index (χ0n) is 16.6. The molecule has 0 aromatic heterocycles. The topological polar surface area (TPSA) is 38.5 Å². The van der Waals surface area contributed by atoms with Crippen LogP contribution in [-0.2, 0) is 12.8 Å².